The molecule has 2 nitrogen and oxygen atoms in total. The van der Waals surface area contributed by atoms with E-state index in [9.17, 15) is 4.39 Å². The van der Waals surface area contributed by atoms with Gasteiger partial charge in [0.2, 0.25) is 0 Å². The van der Waals surface area contributed by atoms with Gasteiger partial charge in [0, 0.05) is 13.1 Å². The zero-order valence-corrected chi connectivity index (χ0v) is 10.4. The van der Waals surface area contributed by atoms with Gasteiger partial charge in [-0.1, -0.05) is 35.9 Å². The van der Waals surface area contributed by atoms with E-state index >= 15 is 0 Å². The Labute approximate surface area is 107 Å². The molecule has 0 amide bonds. The second-order valence-electron chi connectivity index (χ2n) is 4.36. The van der Waals surface area contributed by atoms with Crippen LogP contribution in [0.3, 0.4) is 0 Å². The highest BCUT2D eigenvalue weighted by Crippen LogP contribution is 2.16. The number of nitrogens with two attached hydrogens (primary N) is 1. The molecule has 0 atom stereocenters. The molecule has 94 valence electrons. The van der Waals surface area contributed by atoms with Gasteiger partial charge in [0.1, 0.15) is 5.82 Å². The Hall–Kier alpha value is -1.87. The van der Waals surface area contributed by atoms with Gasteiger partial charge in [0.15, 0.2) is 0 Å². The lowest BCUT2D eigenvalue weighted by Crippen LogP contribution is -2.03. The molecule has 2 aromatic carbocycles. The van der Waals surface area contributed by atoms with Gasteiger partial charge in [-0.25, -0.2) is 4.39 Å². The van der Waals surface area contributed by atoms with E-state index in [2.05, 4.69) is 5.32 Å². The van der Waals surface area contributed by atoms with Gasteiger partial charge in [0.05, 0.1) is 5.69 Å². The molecule has 0 heterocycles. The maximum atomic E-state index is 13.7. The van der Waals surface area contributed by atoms with Gasteiger partial charge in [-0.05, 0) is 30.2 Å². The van der Waals surface area contributed by atoms with Crippen molar-refractivity contribution in [3.05, 3.63) is 65.0 Å². The second kappa shape index (κ2) is 5.65. The minimum atomic E-state index is -0.259. The summed E-state index contributed by atoms with van der Waals surface area (Å²) in [6, 6.07) is 13.2. The lowest BCUT2D eigenvalue weighted by Gasteiger charge is -2.09. The molecule has 2 aromatic rings. The van der Waals surface area contributed by atoms with Crippen LogP contribution in [0, 0.1) is 12.7 Å². The molecule has 0 aliphatic rings. The predicted molar refractivity (Wildman–Crippen MR) is 72.8 cm³/mol. The molecule has 0 aliphatic heterocycles. The summed E-state index contributed by atoms with van der Waals surface area (Å²) in [4.78, 5) is 0. The van der Waals surface area contributed by atoms with Crippen LogP contribution < -0.4 is 11.1 Å². The lowest BCUT2D eigenvalue weighted by atomic mass is 10.1. The Balaban J connectivity index is 2.04. The summed E-state index contributed by atoms with van der Waals surface area (Å²) in [6.07, 6.45) is 0. The summed E-state index contributed by atoms with van der Waals surface area (Å²) in [6.45, 7) is 3.01. The summed E-state index contributed by atoms with van der Waals surface area (Å²) in [5.74, 6) is -0.259. The number of anilines is 1. The molecule has 0 saturated heterocycles. The summed E-state index contributed by atoms with van der Waals surface area (Å²) >= 11 is 0. The Bertz CT molecular complexity index is 521. The molecule has 2 rings (SSSR count). The van der Waals surface area contributed by atoms with Gasteiger partial charge < -0.3 is 11.1 Å². The molecule has 0 aromatic heterocycles. The number of hydrogen-bond donors (Lipinski definition) is 2. The quantitative estimate of drug-likeness (QED) is 0.866. The lowest BCUT2D eigenvalue weighted by molar-refractivity contribution is 0.628. The Morgan fingerprint density at radius 3 is 2.33 bits per heavy atom. The van der Waals surface area contributed by atoms with E-state index in [-0.39, 0.29) is 5.82 Å². The second-order valence-corrected chi connectivity index (χ2v) is 4.36. The summed E-state index contributed by atoms with van der Waals surface area (Å²) in [5.41, 5.74) is 9.11. The van der Waals surface area contributed by atoms with Crippen molar-refractivity contribution in [3.63, 3.8) is 0 Å². The van der Waals surface area contributed by atoms with Crippen LogP contribution in [0.1, 0.15) is 16.7 Å². The normalized spacial score (nSPS) is 10.4. The summed E-state index contributed by atoms with van der Waals surface area (Å²) in [5, 5.41) is 3.08. The van der Waals surface area contributed by atoms with Crippen molar-refractivity contribution >= 4 is 5.69 Å². The molecule has 3 heteroatoms. The van der Waals surface area contributed by atoms with E-state index in [1.54, 1.807) is 6.07 Å². The SMILES string of the molecule is Cc1ccc(CNc2ccc(CN)cc2F)cc1. The average molecular weight is 244 g/mol. The van der Waals surface area contributed by atoms with Gasteiger partial charge in [0.25, 0.3) is 0 Å². The van der Waals surface area contributed by atoms with Gasteiger partial charge in [-0.2, -0.15) is 0 Å². The van der Waals surface area contributed by atoms with Gasteiger partial charge >= 0.3 is 0 Å². The van der Waals surface area contributed by atoms with Crippen molar-refractivity contribution in [3.8, 4) is 0 Å². The van der Waals surface area contributed by atoms with Gasteiger partial charge in [-0.15, -0.1) is 0 Å². The molecule has 3 N–H and O–H groups in total. The third-order valence-corrected chi connectivity index (χ3v) is 2.87. The number of hydrogen-bond acceptors (Lipinski definition) is 2. The maximum Gasteiger partial charge on any atom is 0.146 e. The first-order valence-corrected chi connectivity index (χ1v) is 5.97. The van der Waals surface area contributed by atoms with E-state index in [4.69, 9.17) is 5.73 Å². The van der Waals surface area contributed by atoms with E-state index < -0.39 is 0 Å². The first-order valence-electron chi connectivity index (χ1n) is 5.97. The number of nitrogens with one attached hydrogen (secondary N) is 1. The van der Waals surface area contributed by atoms with Crippen molar-refractivity contribution in [1.29, 1.82) is 0 Å². The predicted octanol–water partition coefficient (Wildman–Crippen LogP) is 3.20. The molecule has 0 unspecified atom stereocenters. The highest BCUT2D eigenvalue weighted by atomic mass is 19.1. The smallest absolute Gasteiger partial charge is 0.146 e. The van der Waals surface area contributed by atoms with E-state index in [1.165, 1.54) is 11.6 Å². The molecule has 0 aliphatic carbocycles. The highest BCUT2D eigenvalue weighted by Gasteiger charge is 2.02. The zero-order chi connectivity index (χ0) is 13.0. The van der Waals surface area contributed by atoms with Crippen LogP contribution in [0.5, 0.6) is 0 Å². The maximum absolute atomic E-state index is 13.7. The van der Waals surface area contributed by atoms with E-state index in [0.29, 0.717) is 18.8 Å². The Kier molecular flexibility index (Phi) is 3.95. The Morgan fingerprint density at radius 2 is 1.72 bits per heavy atom. The molecule has 0 spiro atoms. The highest BCUT2D eigenvalue weighted by molar-refractivity contribution is 5.46. The average Bonchev–Trinajstić information content (AvgIpc) is 2.39. The topological polar surface area (TPSA) is 38.0 Å². The molecule has 0 saturated carbocycles. The number of benzene rings is 2. The third-order valence-electron chi connectivity index (χ3n) is 2.87. The van der Waals surface area contributed by atoms with Gasteiger partial charge in [-0.3, -0.25) is 0 Å². The largest absolute Gasteiger partial charge is 0.379 e. The van der Waals surface area contributed by atoms with Crippen LogP contribution in [0.4, 0.5) is 10.1 Å². The molecule has 0 radical (unpaired) electrons. The third kappa shape index (κ3) is 3.08. The Morgan fingerprint density at radius 1 is 1.06 bits per heavy atom. The van der Waals surface area contributed by atoms with Crippen LogP contribution in [0.2, 0.25) is 0 Å². The molecular formula is C15H17FN2. The zero-order valence-electron chi connectivity index (χ0n) is 10.4. The fraction of sp³-hybridized carbons (Fsp3) is 0.200. The van der Waals surface area contributed by atoms with Crippen molar-refractivity contribution in [2.24, 2.45) is 5.73 Å². The minimum absolute atomic E-state index is 0.259. The fourth-order valence-electron chi connectivity index (χ4n) is 1.73. The first-order chi connectivity index (χ1) is 8.69. The van der Waals surface area contributed by atoms with Crippen LogP contribution in [-0.4, -0.2) is 0 Å². The van der Waals surface area contributed by atoms with Crippen molar-refractivity contribution in [1.82, 2.24) is 0 Å². The van der Waals surface area contributed by atoms with Crippen LogP contribution in [0.25, 0.3) is 0 Å². The van der Waals surface area contributed by atoms with Crippen LogP contribution in [0.15, 0.2) is 42.5 Å². The van der Waals surface area contributed by atoms with Crippen molar-refractivity contribution in [2.45, 2.75) is 20.0 Å². The standard InChI is InChI=1S/C15H17FN2/c1-11-2-4-12(5-3-11)10-18-15-7-6-13(9-17)8-14(15)16/h2-8,18H,9-10,17H2,1H3. The van der Waals surface area contributed by atoms with E-state index in [1.807, 2.05) is 37.3 Å². The fourth-order valence-corrected chi connectivity index (χ4v) is 1.73. The van der Waals surface area contributed by atoms with E-state index in [0.717, 1.165) is 11.1 Å². The molecular weight excluding hydrogens is 227 g/mol. The van der Waals surface area contributed by atoms with Crippen molar-refractivity contribution in [2.75, 3.05) is 5.32 Å². The minimum Gasteiger partial charge on any atom is -0.379 e. The summed E-state index contributed by atoms with van der Waals surface area (Å²) in [7, 11) is 0. The molecule has 0 fully saturated rings. The molecule has 18 heavy (non-hydrogen) atoms. The monoisotopic (exact) mass is 244 g/mol. The number of aryl methyl sites for hydroxylation is 1. The molecule has 0 bridgehead atoms. The summed E-state index contributed by atoms with van der Waals surface area (Å²) < 4.78 is 13.7. The van der Waals surface area contributed by atoms with Crippen LogP contribution in [-0.2, 0) is 13.1 Å². The number of rotatable bonds is 4. The van der Waals surface area contributed by atoms with Crippen molar-refractivity contribution < 1.29 is 4.39 Å². The first kappa shape index (κ1) is 12.6. The number of halogens is 1. The van der Waals surface area contributed by atoms with Crippen LogP contribution >= 0.6 is 0 Å².